The van der Waals surface area contributed by atoms with Gasteiger partial charge in [-0.25, -0.2) is 9.78 Å². The molecule has 1 aliphatic heterocycles. The van der Waals surface area contributed by atoms with Gasteiger partial charge in [0.2, 0.25) is 0 Å². The molecule has 3 rings (SSSR count). The first-order valence-electron chi connectivity index (χ1n) is 7.16. The Hall–Kier alpha value is -1.72. The number of carbonyl (C=O) groups is 1. The lowest BCUT2D eigenvalue weighted by Gasteiger charge is -2.11. The van der Waals surface area contributed by atoms with Gasteiger partial charge in [-0.2, -0.15) is 0 Å². The molecule has 110 valence electrons. The fraction of sp³-hybridized carbons (Fsp3) is 0.375. The van der Waals surface area contributed by atoms with Crippen molar-refractivity contribution in [1.82, 2.24) is 9.88 Å². The first-order valence-corrected chi connectivity index (χ1v) is 7.97. The smallest absolute Gasteiger partial charge is 0.348 e. The van der Waals surface area contributed by atoms with E-state index in [9.17, 15) is 9.90 Å². The molecule has 1 aromatic carbocycles. The van der Waals surface area contributed by atoms with Crippen LogP contribution in [0.2, 0.25) is 0 Å². The van der Waals surface area contributed by atoms with Gasteiger partial charge in [-0.05, 0) is 32.9 Å². The molecule has 5 heteroatoms. The van der Waals surface area contributed by atoms with Crippen molar-refractivity contribution in [2.75, 3.05) is 13.1 Å². The summed E-state index contributed by atoms with van der Waals surface area (Å²) < 4.78 is 0. The van der Waals surface area contributed by atoms with Crippen LogP contribution < -0.4 is 0 Å². The van der Waals surface area contributed by atoms with Gasteiger partial charge in [-0.1, -0.05) is 29.8 Å². The first-order chi connectivity index (χ1) is 10.1. The van der Waals surface area contributed by atoms with Gasteiger partial charge in [0.25, 0.3) is 0 Å². The molecule has 1 aliphatic rings. The molecule has 0 saturated carbocycles. The van der Waals surface area contributed by atoms with E-state index >= 15 is 0 Å². The first kappa shape index (κ1) is 14.2. The lowest BCUT2D eigenvalue weighted by molar-refractivity contribution is 0.0702. The number of carboxylic acid groups (broad SMARTS) is 1. The maximum atomic E-state index is 11.5. The minimum absolute atomic E-state index is 0.341. The molecule has 0 spiro atoms. The van der Waals surface area contributed by atoms with Crippen LogP contribution in [0.3, 0.4) is 0 Å². The number of hydrogen-bond acceptors (Lipinski definition) is 4. The van der Waals surface area contributed by atoms with E-state index in [0.717, 1.165) is 35.8 Å². The summed E-state index contributed by atoms with van der Waals surface area (Å²) >= 11 is 1.30. The van der Waals surface area contributed by atoms with Crippen LogP contribution in [0.25, 0.3) is 11.3 Å². The number of likely N-dealkylation sites (tertiary alicyclic amines) is 1. The van der Waals surface area contributed by atoms with Crippen LogP contribution in [0, 0.1) is 6.92 Å². The van der Waals surface area contributed by atoms with Crippen molar-refractivity contribution in [3.8, 4) is 11.3 Å². The summed E-state index contributed by atoms with van der Waals surface area (Å²) in [7, 11) is 0. The number of rotatable bonds is 4. The highest BCUT2D eigenvalue weighted by molar-refractivity contribution is 7.14. The molecule has 0 bridgehead atoms. The van der Waals surface area contributed by atoms with E-state index in [1.807, 2.05) is 31.2 Å². The molecule has 1 aromatic heterocycles. The van der Waals surface area contributed by atoms with Gasteiger partial charge in [0.1, 0.15) is 9.88 Å². The van der Waals surface area contributed by atoms with Crippen LogP contribution in [0.5, 0.6) is 0 Å². The summed E-state index contributed by atoms with van der Waals surface area (Å²) in [5.74, 6) is -0.893. The van der Waals surface area contributed by atoms with Crippen molar-refractivity contribution in [3.63, 3.8) is 0 Å². The number of benzene rings is 1. The number of aromatic carboxylic acids is 1. The predicted octanol–water partition coefficient (Wildman–Crippen LogP) is 3.41. The van der Waals surface area contributed by atoms with E-state index in [-0.39, 0.29) is 0 Å². The molecule has 0 aliphatic carbocycles. The van der Waals surface area contributed by atoms with Gasteiger partial charge < -0.3 is 5.11 Å². The van der Waals surface area contributed by atoms with Crippen molar-refractivity contribution in [3.05, 3.63) is 39.7 Å². The van der Waals surface area contributed by atoms with E-state index < -0.39 is 5.97 Å². The normalized spacial score (nSPS) is 15.5. The van der Waals surface area contributed by atoms with Crippen molar-refractivity contribution in [2.24, 2.45) is 0 Å². The summed E-state index contributed by atoms with van der Waals surface area (Å²) in [6, 6.07) is 7.85. The Morgan fingerprint density at radius 3 is 2.57 bits per heavy atom. The second kappa shape index (κ2) is 5.95. The summed E-state index contributed by atoms with van der Waals surface area (Å²) in [4.78, 5) is 18.7. The molecular weight excluding hydrogens is 284 g/mol. The molecule has 0 unspecified atom stereocenters. The Morgan fingerprint density at radius 1 is 1.29 bits per heavy atom. The number of carboxylic acids is 1. The monoisotopic (exact) mass is 302 g/mol. The number of aromatic nitrogens is 1. The third-order valence-corrected chi connectivity index (χ3v) is 4.78. The maximum Gasteiger partial charge on any atom is 0.348 e. The minimum atomic E-state index is -0.893. The Balaban J connectivity index is 1.92. The van der Waals surface area contributed by atoms with Crippen LogP contribution >= 0.6 is 11.3 Å². The molecule has 4 nitrogen and oxygen atoms in total. The lowest BCUT2D eigenvalue weighted by atomic mass is 10.1. The van der Waals surface area contributed by atoms with Gasteiger partial charge in [-0.15, -0.1) is 11.3 Å². The second-order valence-corrected chi connectivity index (χ2v) is 6.52. The quantitative estimate of drug-likeness (QED) is 0.940. The lowest BCUT2D eigenvalue weighted by Crippen LogP contribution is -2.18. The van der Waals surface area contributed by atoms with E-state index in [0.29, 0.717) is 10.6 Å². The van der Waals surface area contributed by atoms with Crippen molar-refractivity contribution in [2.45, 2.75) is 26.3 Å². The summed E-state index contributed by atoms with van der Waals surface area (Å²) in [5.41, 5.74) is 2.63. The Morgan fingerprint density at radius 2 is 1.95 bits per heavy atom. The minimum Gasteiger partial charge on any atom is -0.477 e. The van der Waals surface area contributed by atoms with Crippen LogP contribution in [0.15, 0.2) is 24.3 Å². The molecule has 2 aromatic rings. The highest BCUT2D eigenvalue weighted by atomic mass is 32.1. The van der Waals surface area contributed by atoms with Crippen molar-refractivity contribution >= 4 is 17.3 Å². The van der Waals surface area contributed by atoms with E-state index in [2.05, 4.69) is 9.88 Å². The highest BCUT2D eigenvalue weighted by Gasteiger charge is 2.21. The van der Waals surface area contributed by atoms with Gasteiger partial charge in [-0.3, -0.25) is 4.90 Å². The van der Waals surface area contributed by atoms with E-state index in [1.54, 1.807) is 0 Å². The molecule has 0 atom stereocenters. The van der Waals surface area contributed by atoms with Crippen molar-refractivity contribution in [1.29, 1.82) is 0 Å². The second-order valence-electron chi connectivity index (χ2n) is 5.44. The highest BCUT2D eigenvalue weighted by Crippen LogP contribution is 2.29. The Kier molecular flexibility index (Phi) is 4.03. The SMILES string of the molecule is Cc1ccc(-c2nc(CN3CCCC3)sc2C(=O)O)cc1. The zero-order chi connectivity index (χ0) is 14.8. The zero-order valence-electron chi connectivity index (χ0n) is 12.0. The number of aryl methyl sites for hydroxylation is 1. The summed E-state index contributed by atoms with van der Waals surface area (Å²) in [6.07, 6.45) is 2.45. The Bertz CT molecular complexity index is 643. The number of hydrogen-bond donors (Lipinski definition) is 1. The van der Waals surface area contributed by atoms with Crippen LogP contribution in [-0.4, -0.2) is 34.0 Å². The standard InChI is InChI=1S/C16H18N2O2S/c1-11-4-6-12(7-5-11)14-15(16(19)20)21-13(17-14)10-18-8-2-3-9-18/h4-7H,2-3,8-10H2,1H3,(H,19,20). The van der Waals surface area contributed by atoms with Crippen LogP contribution in [0.4, 0.5) is 0 Å². The molecular formula is C16H18N2O2S. The van der Waals surface area contributed by atoms with Crippen LogP contribution in [-0.2, 0) is 6.54 Å². The average Bonchev–Trinajstić information content (AvgIpc) is 3.10. The van der Waals surface area contributed by atoms with Crippen molar-refractivity contribution < 1.29 is 9.90 Å². The molecule has 0 amide bonds. The van der Waals surface area contributed by atoms with E-state index in [1.165, 1.54) is 24.2 Å². The largest absolute Gasteiger partial charge is 0.477 e. The summed E-state index contributed by atoms with van der Waals surface area (Å²) in [6.45, 7) is 4.95. The summed E-state index contributed by atoms with van der Waals surface area (Å²) in [5, 5.41) is 10.3. The Labute approximate surface area is 128 Å². The third-order valence-electron chi connectivity index (χ3n) is 3.75. The van der Waals surface area contributed by atoms with Crippen LogP contribution in [0.1, 0.15) is 33.1 Å². The van der Waals surface area contributed by atoms with Gasteiger partial charge in [0.05, 0.1) is 12.2 Å². The molecule has 1 saturated heterocycles. The number of thiazole rings is 1. The number of nitrogens with zero attached hydrogens (tertiary/aromatic N) is 2. The third kappa shape index (κ3) is 3.14. The topological polar surface area (TPSA) is 53.4 Å². The maximum absolute atomic E-state index is 11.5. The van der Waals surface area contributed by atoms with Gasteiger partial charge >= 0.3 is 5.97 Å². The van der Waals surface area contributed by atoms with Gasteiger partial charge in [0, 0.05) is 5.56 Å². The predicted molar refractivity (Wildman–Crippen MR) is 83.8 cm³/mol. The zero-order valence-corrected chi connectivity index (χ0v) is 12.8. The molecule has 0 radical (unpaired) electrons. The fourth-order valence-corrected chi connectivity index (χ4v) is 3.58. The fourth-order valence-electron chi connectivity index (χ4n) is 2.62. The molecule has 21 heavy (non-hydrogen) atoms. The molecule has 2 heterocycles. The molecule has 1 fully saturated rings. The van der Waals surface area contributed by atoms with Gasteiger partial charge in [0.15, 0.2) is 0 Å². The van der Waals surface area contributed by atoms with E-state index in [4.69, 9.17) is 0 Å². The molecule has 1 N–H and O–H groups in total. The average molecular weight is 302 g/mol.